The highest BCUT2D eigenvalue weighted by molar-refractivity contribution is 5.80. The van der Waals surface area contributed by atoms with E-state index in [1.54, 1.807) is 12.4 Å². The molecule has 10 rings (SSSR count). The molecule has 0 atom stereocenters. The van der Waals surface area contributed by atoms with E-state index in [0.717, 1.165) is 55.6 Å². The van der Waals surface area contributed by atoms with Crippen molar-refractivity contribution in [3.63, 3.8) is 0 Å². The zero-order valence-electron chi connectivity index (χ0n) is 35.4. The summed E-state index contributed by atoms with van der Waals surface area (Å²) in [6.45, 7) is 6.32. The van der Waals surface area contributed by atoms with Crippen LogP contribution in [0.15, 0.2) is 188 Å². The van der Waals surface area contributed by atoms with E-state index in [1.807, 2.05) is 164 Å². The molecule has 6 aromatic carbocycles. The van der Waals surface area contributed by atoms with Crippen LogP contribution in [0, 0.1) is 0 Å². The van der Waals surface area contributed by atoms with Crippen LogP contribution >= 0.6 is 0 Å². The zero-order chi connectivity index (χ0) is 43.5. The summed E-state index contributed by atoms with van der Waals surface area (Å²) in [7, 11) is 0. The Hall–Kier alpha value is -8.50. The van der Waals surface area contributed by atoms with Crippen LogP contribution in [0.1, 0.15) is 26.6 Å². The smallest absolute Gasteiger partial charge is 0.164 e. The van der Waals surface area contributed by atoms with Gasteiger partial charge in [-0.2, -0.15) is 0 Å². The van der Waals surface area contributed by atoms with Crippen molar-refractivity contribution < 1.29 is 0 Å². The molecule has 10 aromatic rings. The van der Waals surface area contributed by atoms with E-state index in [9.17, 15) is 0 Å². The molecule has 0 aliphatic heterocycles. The Kier molecular flexibility index (Phi) is 10.6. The molecule has 4 heterocycles. The molecule has 0 spiro atoms. The van der Waals surface area contributed by atoms with Crippen molar-refractivity contribution in [2.75, 3.05) is 0 Å². The second kappa shape index (κ2) is 17.1. The third-order valence-corrected chi connectivity index (χ3v) is 10.5. The molecule has 10 nitrogen and oxygen atoms in total. The number of hydrogen-bond acceptors (Lipinski definition) is 10. The minimum Gasteiger partial charge on any atom is -0.265 e. The largest absolute Gasteiger partial charge is 0.265 e. The molecule has 0 aliphatic rings. The van der Waals surface area contributed by atoms with E-state index >= 15 is 0 Å². The minimum absolute atomic E-state index is 0.316. The Labute approximate surface area is 371 Å². The van der Waals surface area contributed by atoms with Crippen molar-refractivity contribution in [3.05, 3.63) is 194 Å². The topological polar surface area (TPSA) is 129 Å². The Morgan fingerprint density at radius 3 is 0.906 bits per heavy atom. The first kappa shape index (κ1) is 39.6. The van der Waals surface area contributed by atoms with Crippen molar-refractivity contribution in [1.82, 2.24) is 49.8 Å². The quantitative estimate of drug-likeness (QED) is 0.139. The molecule has 10 heteroatoms. The van der Waals surface area contributed by atoms with E-state index in [4.69, 9.17) is 44.9 Å². The molecule has 0 bridgehead atoms. The summed E-state index contributed by atoms with van der Waals surface area (Å²) in [4.78, 5) is 49.7. The van der Waals surface area contributed by atoms with Crippen LogP contribution in [0.2, 0.25) is 0 Å². The van der Waals surface area contributed by atoms with Gasteiger partial charge in [0.15, 0.2) is 46.6 Å². The predicted octanol–water partition coefficient (Wildman–Crippen LogP) is 11.9. The lowest BCUT2D eigenvalue weighted by molar-refractivity contribution is 0.543. The maximum absolute atomic E-state index is 5.22. The number of nitrogens with zero attached hydrogens (tertiary/aromatic N) is 10. The first-order valence-electron chi connectivity index (χ1n) is 21.0. The highest BCUT2D eigenvalue weighted by Gasteiger charge is 2.22. The maximum Gasteiger partial charge on any atom is 0.164 e. The molecule has 0 saturated heterocycles. The summed E-state index contributed by atoms with van der Waals surface area (Å²) in [6, 6.07) is 58.1. The average molecular weight is 829 g/mol. The molecular weight excluding hydrogens is 789 g/mol. The summed E-state index contributed by atoms with van der Waals surface area (Å²) in [5, 5.41) is 0. The van der Waals surface area contributed by atoms with Crippen molar-refractivity contribution in [2.45, 2.75) is 26.2 Å². The molecule has 0 N–H and O–H groups in total. The first-order chi connectivity index (χ1) is 31.3. The molecule has 64 heavy (non-hydrogen) atoms. The average Bonchev–Trinajstić information content (AvgIpc) is 3.37. The van der Waals surface area contributed by atoms with Gasteiger partial charge in [0.25, 0.3) is 0 Å². The van der Waals surface area contributed by atoms with Crippen LogP contribution < -0.4 is 0 Å². The van der Waals surface area contributed by atoms with Gasteiger partial charge in [-0.25, -0.2) is 44.9 Å². The van der Waals surface area contributed by atoms with Crippen molar-refractivity contribution >= 4 is 0 Å². The number of rotatable bonds is 9. The summed E-state index contributed by atoms with van der Waals surface area (Å²) >= 11 is 0. The molecule has 0 saturated carbocycles. The Morgan fingerprint density at radius 1 is 0.250 bits per heavy atom. The van der Waals surface area contributed by atoms with Gasteiger partial charge in [0.2, 0.25) is 0 Å². The Balaban J connectivity index is 1.15. The fourth-order valence-electron chi connectivity index (χ4n) is 7.24. The van der Waals surface area contributed by atoms with Gasteiger partial charge in [0.1, 0.15) is 5.82 Å². The van der Waals surface area contributed by atoms with E-state index in [1.165, 1.54) is 0 Å². The zero-order valence-corrected chi connectivity index (χ0v) is 35.4. The van der Waals surface area contributed by atoms with Gasteiger partial charge in [-0.1, -0.05) is 160 Å². The fourth-order valence-corrected chi connectivity index (χ4v) is 7.24. The second-order valence-electron chi connectivity index (χ2n) is 16.2. The standard InChI is InChI=1S/C54H40N10/c1-54(2,3)53-63-48(39-23-14-7-15-24-39)61-50(64-53)41-26-16-25-40(31-41)49-57-47(38-21-12-6-13-22-38)60-52(62-49)44-33-42(35-27-29-55-30-28-35)32-43(34-44)51-58-45(36-17-8-4-9-18-36)56-46(59-51)37-19-10-5-11-20-37/h4-34H,1-3H3. The molecule has 306 valence electrons. The minimum atomic E-state index is -0.316. The summed E-state index contributed by atoms with van der Waals surface area (Å²) in [6.07, 6.45) is 3.57. The van der Waals surface area contributed by atoms with E-state index in [2.05, 4.69) is 37.9 Å². The third kappa shape index (κ3) is 8.53. The first-order valence-corrected chi connectivity index (χ1v) is 21.0. The number of hydrogen-bond donors (Lipinski definition) is 0. The lowest BCUT2D eigenvalue weighted by Crippen LogP contribution is -2.18. The molecular formula is C54H40N10. The van der Waals surface area contributed by atoms with Gasteiger partial charge in [-0.3, -0.25) is 4.98 Å². The van der Waals surface area contributed by atoms with Crippen LogP contribution in [0.3, 0.4) is 0 Å². The van der Waals surface area contributed by atoms with Crippen LogP contribution in [0.25, 0.3) is 102 Å². The van der Waals surface area contributed by atoms with Crippen LogP contribution in [-0.2, 0) is 5.41 Å². The summed E-state index contributed by atoms with van der Waals surface area (Å²) in [5.74, 6) is 5.03. The number of benzene rings is 6. The molecule has 0 fully saturated rings. The molecule has 0 amide bonds. The van der Waals surface area contributed by atoms with E-state index < -0.39 is 0 Å². The normalized spacial score (nSPS) is 11.4. The molecule has 0 aliphatic carbocycles. The fraction of sp³-hybridized carbons (Fsp3) is 0.0741. The predicted molar refractivity (Wildman–Crippen MR) is 252 cm³/mol. The second-order valence-corrected chi connectivity index (χ2v) is 16.2. The number of pyridine rings is 1. The molecule has 0 unspecified atom stereocenters. The summed E-state index contributed by atoms with van der Waals surface area (Å²) in [5.41, 5.74) is 8.21. The highest BCUT2D eigenvalue weighted by atomic mass is 15.1. The van der Waals surface area contributed by atoms with Gasteiger partial charge in [0.05, 0.1) is 0 Å². The number of aromatic nitrogens is 10. The van der Waals surface area contributed by atoms with Gasteiger partial charge in [-0.15, -0.1) is 0 Å². The van der Waals surface area contributed by atoms with Crippen molar-refractivity contribution in [2.24, 2.45) is 0 Å². The highest BCUT2D eigenvalue weighted by Crippen LogP contribution is 2.35. The van der Waals surface area contributed by atoms with Gasteiger partial charge < -0.3 is 0 Å². The molecule has 0 radical (unpaired) electrons. The van der Waals surface area contributed by atoms with E-state index in [0.29, 0.717) is 52.4 Å². The van der Waals surface area contributed by atoms with Crippen LogP contribution in [-0.4, -0.2) is 49.8 Å². The van der Waals surface area contributed by atoms with Crippen LogP contribution in [0.5, 0.6) is 0 Å². The lowest BCUT2D eigenvalue weighted by atomic mass is 9.95. The van der Waals surface area contributed by atoms with E-state index in [-0.39, 0.29) is 5.41 Å². The third-order valence-electron chi connectivity index (χ3n) is 10.5. The van der Waals surface area contributed by atoms with Gasteiger partial charge in [0, 0.05) is 62.3 Å². The monoisotopic (exact) mass is 828 g/mol. The van der Waals surface area contributed by atoms with Crippen LogP contribution in [0.4, 0.5) is 0 Å². The maximum atomic E-state index is 5.22. The molecule has 4 aromatic heterocycles. The Bertz CT molecular complexity index is 3180. The van der Waals surface area contributed by atoms with Crippen molar-refractivity contribution in [3.8, 4) is 102 Å². The lowest BCUT2D eigenvalue weighted by Gasteiger charge is -2.18. The Morgan fingerprint density at radius 2 is 0.531 bits per heavy atom. The summed E-state index contributed by atoms with van der Waals surface area (Å²) < 4.78 is 0. The van der Waals surface area contributed by atoms with Crippen molar-refractivity contribution in [1.29, 1.82) is 0 Å². The SMILES string of the molecule is CC(C)(C)c1nc(-c2ccccc2)nc(-c2cccc(-c3nc(-c4ccccc4)nc(-c4cc(-c5ccncc5)cc(-c5nc(-c6ccccc6)nc(-c6ccccc6)n5)c4)n3)c2)n1. The van der Waals surface area contributed by atoms with Gasteiger partial charge in [-0.05, 0) is 47.5 Å². The van der Waals surface area contributed by atoms with Gasteiger partial charge >= 0.3 is 0 Å².